The first-order valence-corrected chi connectivity index (χ1v) is 7.48. The molecule has 0 saturated carbocycles. The highest BCUT2D eigenvalue weighted by Gasteiger charge is 2.17. The lowest BCUT2D eigenvalue weighted by molar-refractivity contribution is -0.137. The molecule has 0 spiro atoms. The second-order valence-electron chi connectivity index (χ2n) is 5.06. The molecule has 2 N–H and O–H groups in total. The second kappa shape index (κ2) is 9.72. The summed E-state index contributed by atoms with van der Waals surface area (Å²) in [5.74, 6) is -0.143. The van der Waals surface area contributed by atoms with Gasteiger partial charge < -0.3 is 20.3 Å². The Morgan fingerprint density at radius 2 is 2.05 bits per heavy atom. The Balaban J connectivity index is 2.27. The zero-order valence-electron chi connectivity index (χ0n) is 12.6. The highest BCUT2D eigenvalue weighted by atomic mass is 16.5. The van der Waals surface area contributed by atoms with Gasteiger partial charge >= 0.3 is 0 Å². The summed E-state index contributed by atoms with van der Waals surface area (Å²) < 4.78 is 5.73. The molecule has 0 aromatic carbocycles. The van der Waals surface area contributed by atoms with E-state index in [2.05, 4.69) is 10.6 Å². The monoisotopic (exact) mass is 285 g/mol. The van der Waals surface area contributed by atoms with Gasteiger partial charge in [-0.05, 0) is 32.4 Å². The van der Waals surface area contributed by atoms with E-state index in [1.54, 1.807) is 11.9 Å². The van der Waals surface area contributed by atoms with Crippen LogP contribution in [0.5, 0.6) is 0 Å². The summed E-state index contributed by atoms with van der Waals surface area (Å²) in [5.41, 5.74) is 0. The molecule has 1 heterocycles. The van der Waals surface area contributed by atoms with Crippen molar-refractivity contribution in [3.8, 4) is 0 Å². The molecule has 1 saturated heterocycles. The quantitative estimate of drug-likeness (QED) is 0.665. The molecule has 0 aromatic heterocycles. The maximum Gasteiger partial charge on any atom is 0.239 e. The van der Waals surface area contributed by atoms with Crippen molar-refractivity contribution < 1.29 is 14.3 Å². The minimum Gasteiger partial charge on any atom is -0.378 e. The fourth-order valence-electron chi connectivity index (χ4n) is 2.25. The standard InChI is InChI=1S/C14H27N3O3/c1-3-9-17(11-13(18)15-2)14(19)6-10-20-12-4-7-16-8-5-12/h12,16H,3-11H2,1-2H3,(H,15,18). The van der Waals surface area contributed by atoms with Crippen molar-refractivity contribution in [3.05, 3.63) is 0 Å². The van der Waals surface area contributed by atoms with Crippen LogP contribution in [0.3, 0.4) is 0 Å². The van der Waals surface area contributed by atoms with Crippen molar-refractivity contribution in [1.29, 1.82) is 0 Å². The van der Waals surface area contributed by atoms with Crippen molar-refractivity contribution in [2.75, 3.05) is 39.8 Å². The lowest BCUT2D eigenvalue weighted by Crippen LogP contribution is -2.40. The molecule has 1 fully saturated rings. The second-order valence-corrected chi connectivity index (χ2v) is 5.06. The van der Waals surface area contributed by atoms with Crippen LogP contribution in [-0.4, -0.2) is 62.7 Å². The largest absolute Gasteiger partial charge is 0.378 e. The summed E-state index contributed by atoms with van der Waals surface area (Å²) in [6, 6.07) is 0. The summed E-state index contributed by atoms with van der Waals surface area (Å²) in [4.78, 5) is 25.1. The molecule has 0 aliphatic carbocycles. The Kier molecular flexibility index (Phi) is 8.22. The van der Waals surface area contributed by atoms with Crippen molar-refractivity contribution in [2.45, 2.75) is 38.7 Å². The number of carbonyl (C=O) groups is 2. The Morgan fingerprint density at radius 3 is 2.65 bits per heavy atom. The molecule has 0 radical (unpaired) electrons. The van der Waals surface area contributed by atoms with Crippen molar-refractivity contribution in [3.63, 3.8) is 0 Å². The minimum atomic E-state index is -0.133. The molecular formula is C14H27N3O3. The summed E-state index contributed by atoms with van der Waals surface area (Å²) in [6.07, 6.45) is 3.47. The molecule has 2 amide bonds. The van der Waals surface area contributed by atoms with Gasteiger partial charge in [-0.2, -0.15) is 0 Å². The van der Waals surface area contributed by atoms with Crippen LogP contribution in [0.15, 0.2) is 0 Å². The number of likely N-dealkylation sites (N-methyl/N-ethyl adjacent to an activating group) is 1. The van der Waals surface area contributed by atoms with Gasteiger partial charge in [0, 0.05) is 13.6 Å². The third kappa shape index (κ3) is 6.34. The van der Waals surface area contributed by atoms with Crippen LogP contribution in [-0.2, 0) is 14.3 Å². The fraction of sp³-hybridized carbons (Fsp3) is 0.857. The van der Waals surface area contributed by atoms with E-state index in [0.29, 0.717) is 19.6 Å². The fourth-order valence-corrected chi connectivity index (χ4v) is 2.25. The topological polar surface area (TPSA) is 70.7 Å². The van der Waals surface area contributed by atoms with E-state index in [1.807, 2.05) is 6.92 Å². The van der Waals surface area contributed by atoms with Gasteiger partial charge in [0.2, 0.25) is 11.8 Å². The number of ether oxygens (including phenoxy) is 1. The number of carbonyl (C=O) groups excluding carboxylic acids is 2. The van der Waals surface area contributed by atoms with Crippen LogP contribution in [0.1, 0.15) is 32.6 Å². The third-order valence-corrected chi connectivity index (χ3v) is 3.42. The van der Waals surface area contributed by atoms with Gasteiger partial charge in [0.05, 0.1) is 25.7 Å². The molecular weight excluding hydrogens is 258 g/mol. The van der Waals surface area contributed by atoms with E-state index in [4.69, 9.17) is 4.74 Å². The number of hydrogen-bond acceptors (Lipinski definition) is 4. The molecule has 116 valence electrons. The SMILES string of the molecule is CCCN(CC(=O)NC)C(=O)CCOC1CCNCC1. The molecule has 0 atom stereocenters. The summed E-state index contributed by atoms with van der Waals surface area (Å²) in [5, 5.41) is 5.82. The molecule has 1 rings (SSSR count). The maximum absolute atomic E-state index is 12.1. The van der Waals surface area contributed by atoms with E-state index >= 15 is 0 Å². The van der Waals surface area contributed by atoms with E-state index < -0.39 is 0 Å². The predicted molar refractivity (Wildman–Crippen MR) is 77.4 cm³/mol. The average Bonchev–Trinajstić information content (AvgIpc) is 2.47. The molecule has 1 aliphatic heterocycles. The van der Waals surface area contributed by atoms with Crippen molar-refractivity contribution >= 4 is 11.8 Å². The number of rotatable bonds is 8. The zero-order valence-corrected chi connectivity index (χ0v) is 12.6. The van der Waals surface area contributed by atoms with Gasteiger partial charge in [-0.1, -0.05) is 6.92 Å². The lowest BCUT2D eigenvalue weighted by atomic mass is 10.1. The zero-order chi connectivity index (χ0) is 14.8. The number of hydrogen-bond donors (Lipinski definition) is 2. The van der Waals surface area contributed by atoms with Crippen LogP contribution >= 0.6 is 0 Å². The van der Waals surface area contributed by atoms with E-state index in [0.717, 1.165) is 32.4 Å². The summed E-state index contributed by atoms with van der Waals surface area (Å²) >= 11 is 0. The lowest BCUT2D eigenvalue weighted by Gasteiger charge is -2.24. The predicted octanol–water partition coefficient (Wildman–Crippen LogP) is 0.130. The molecule has 1 aliphatic rings. The van der Waals surface area contributed by atoms with E-state index in [-0.39, 0.29) is 24.5 Å². The van der Waals surface area contributed by atoms with Crippen molar-refractivity contribution in [1.82, 2.24) is 15.5 Å². The molecule has 6 heteroatoms. The normalized spacial score (nSPS) is 15.9. The van der Waals surface area contributed by atoms with Gasteiger partial charge in [-0.25, -0.2) is 0 Å². The van der Waals surface area contributed by atoms with Gasteiger partial charge in [-0.15, -0.1) is 0 Å². The van der Waals surface area contributed by atoms with Crippen LogP contribution in [0.25, 0.3) is 0 Å². The first-order chi connectivity index (χ1) is 9.67. The van der Waals surface area contributed by atoms with E-state index in [9.17, 15) is 9.59 Å². The molecule has 6 nitrogen and oxygen atoms in total. The molecule has 0 unspecified atom stereocenters. The molecule has 0 bridgehead atoms. The number of nitrogens with zero attached hydrogens (tertiary/aromatic N) is 1. The highest BCUT2D eigenvalue weighted by Crippen LogP contribution is 2.08. The Hall–Kier alpha value is -1.14. The Bertz CT molecular complexity index is 304. The Labute approximate surface area is 121 Å². The highest BCUT2D eigenvalue weighted by molar-refractivity contribution is 5.84. The van der Waals surface area contributed by atoms with E-state index in [1.165, 1.54) is 0 Å². The number of piperidine rings is 1. The van der Waals surface area contributed by atoms with Gasteiger partial charge in [0.1, 0.15) is 0 Å². The van der Waals surface area contributed by atoms with Crippen LogP contribution in [0.2, 0.25) is 0 Å². The van der Waals surface area contributed by atoms with Crippen molar-refractivity contribution in [2.24, 2.45) is 0 Å². The smallest absolute Gasteiger partial charge is 0.239 e. The van der Waals surface area contributed by atoms with Crippen LogP contribution in [0.4, 0.5) is 0 Å². The molecule has 20 heavy (non-hydrogen) atoms. The number of amides is 2. The minimum absolute atomic E-state index is 0.00983. The first kappa shape index (κ1) is 16.9. The third-order valence-electron chi connectivity index (χ3n) is 3.42. The van der Waals surface area contributed by atoms with Crippen LogP contribution in [0, 0.1) is 0 Å². The van der Waals surface area contributed by atoms with Gasteiger partial charge in [-0.3, -0.25) is 9.59 Å². The van der Waals surface area contributed by atoms with Gasteiger partial charge in [0.15, 0.2) is 0 Å². The Morgan fingerprint density at radius 1 is 1.35 bits per heavy atom. The van der Waals surface area contributed by atoms with Crippen LogP contribution < -0.4 is 10.6 Å². The number of nitrogens with one attached hydrogen (secondary N) is 2. The maximum atomic E-state index is 12.1. The first-order valence-electron chi connectivity index (χ1n) is 7.48. The summed E-state index contributed by atoms with van der Waals surface area (Å²) in [6.45, 7) is 5.15. The average molecular weight is 285 g/mol. The summed E-state index contributed by atoms with van der Waals surface area (Å²) in [7, 11) is 1.58. The molecule has 0 aromatic rings. The van der Waals surface area contributed by atoms with Gasteiger partial charge in [0.25, 0.3) is 0 Å².